The largest absolute Gasteiger partial charge is 0.453 e. The van der Waals surface area contributed by atoms with Crippen LogP contribution < -0.4 is 31.7 Å². The third-order valence-corrected chi connectivity index (χ3v) is 7.76. The van der Waals surface area contributed by atoms with Gasteiger partial charge in [-0.3, -0.25) is 25.2 Å². The molecule has 15 heteroatoms. The number of carbonyl (C=O) groups is 4. The van der Waals surface area contributed by atoms with Crippen molar-refractivity contribution >= 4 is 47.0 Å². The highest BCUT2D eigenvalue weighted by molar-refractivity contribution is 6.25. The SMILES string of the molecule is CCN(CCOC(=O)NCCCCCCNC(=O)Nc1nc(C)cc(=O)[nH]1)c1ccc(N=C2C=C(NC(=O)OC)C(=O)C(C)=C2C)c(C)c1. The monoisotopic (exact) mass is 678 g/mol. The lowest BCUT2D eigenvalue weighted by Crippen LogP contribution is -2.31. The number of benzene rings is 1. The number of amides is 4. The first-order valence-corrected chi connectivity index (χ1v) is 16.2. The van der Waals surface area contributed by atoms with Gasteiger partial charge < -0.3 is 25.0 Å². The fraction of sp³-hybridized carbons (Fsp3) is 0.441. The maximum Gasteiger partial charge on any atom is 0.411 e. The molecule has 49 heavy (non-hydrogen) atoms. The standard InChI is InChI=1S/C34H46N8O7/c1-7-42(25-12-13-26(21(2)18-25)38-27-20-28(39-34(47)48-6)30(44)24(5)23(27)4)16-17-49-33(46)36-15-11-9-8-10-14-35-32(45)41-31-37-22(3)19-29(43)40-31/h12-13,18-20H,7-11,14-17H2,1-6H3,(H,36,46)(H,39,47)(H3,35,37,40,41,43,45). The molecular formula is C34H46N8O7. The van der Waals surface area contributed by atoms with Crippen LogP contribution in [0.3, 0.4) is 0 Å². The van der Waals surface area contributed by atoms with Gasteiger partial charge in [-0.15, -0.1) is 0 Å². The molecule has 4 amide bonds. The number of likely N-dealkylation sites (N-methyl/N-ethyl adjacent to an activating group) is 1. The van der Waals surface area contributed by atoms with Crippen molar-refractivity contribution in [1.82, 2.24) is 25.9 Å². The molecule has 1 aromatic heterocycles. The van der Waals surface area contributed by atoms with Crippen LogP contribution in [0, 0.1) is 13.8 Å². The number of nitrogens with one attached hydrogen (secondary N) is 5. The number of aromatic amines is 1. The van der Waals surface area contributed by atoms with E-state index in [1.165, 1.54) is 13.2 Å². The number of anilines is 2. The minimum atomic E-state index is -0.729. The topological polar surface area (TPSA) is 196 Å². The number of Topliss-reactive ketones (excluding diaryl/α,β-unsaturated/α-hetero) is 1. The molecule has 1 aromatic carbocycles. The highest BCUT2D eigenvalue weighted by atomic mass is 16.5. The van der Waals surface area contributed by atoms with Gasteiger partial charge in [-0.2, -0.15) is 0 Å². The number of ketones is 1. The molecule has 0 bridgehead atoms. The molecule has 0 atom stereocenters. The van der Waals surface area contributed by atoms with Crippen LogP contribution in [-0.2, 0) is 14.3 Å². The van der Waals surface area contributed by atoms with E-state index in [9.17, 15) is 24.0 Å². The number of aliphatic imine (C=N–C) groups is 1. The molecule has 1 aliphatic rings. The van der Waals surface area contributed by atoms with Gasteiger partial charge in [0.05, 0.1) is 30.8 Å². The third-order valence-electron chi connectivity index (χ3n) is 7.76. The van der Waals surface area contributed by atoms with E-state index in [-0.39, 0.29) is 29.6 Å². The van der Waals surface area contributed by atoms with Gasteiger partial charge in [0.2, 0.25) is 11.7 Å². The quantitative estimate of drug-likeness (QED) is 0.133. The second-order valence-corrected chi connectivity index (χ2v) is 11.4. The fourth-order valence-corrected chi connectivity index (χ4v) is 4.89. The molecule has 0 radical (unpaired) electrons. The van der Waals surface area contributed by atoms with Crippen LogP contribution >= 0.6 is 0 Å². The van der Waals surface area contributed by atoms with Crippen molar-refractivity contribution in [3.8, 4) is 0 Å². The van der Waals surface area contributed by atoms with Gasteiger partial charge in [0, 0.05) is 42.7 Å². The van der Waals surface area contributed by atoms with Crippen LogP contribution in [0.25, 0.3) is 0 Å². The highest BCUT2D eigenvalue weighted by Crippen LogP contribution is 2.28. The molecular weight excluding hydrogens is 632 g/mol. The van der Waals surface area contributed by atoms with Gasteiger partial charge in [-0.1, -0.05) is 12.8 Å². The van der Waals surface area contributed by atoms with Crippen LogP contribution in [0.5, 0.6) is 0 Å². The first kappa shape index (κ1) is 38.0. The van der Waals surface area contributed by atoms with E-state index in [0.717, 1.165) is 48.2 Å². The molecule has 5 N–H and O–H groups in total. The number of methoxy groups -OCH3 is 1. The molecule has 0 unspecified atom stereocenters. The maximum absolute atomic E-state index is 12.6. The first-order chi connectivity index (χ1) is 23.4. The summed E-state index contributed by atoms with van der Waals surface area (Å²) in [5, 5.41) is 10.5. The number of rotatable bonds is 15. The lowest BCUT2D eigenvalue weighted by molar-refractivity contribution is -0.112. The Hall–Kier alpha value is -5.47. The zero-order valence-corrected chi connectivity index (χ0v) is 29.0. The number of aromatic nitrogens is 2. The van der Waals surface area contributed by atoms with Gasteiger partial charge in [0.25, 0.3) is 5.56 Å². The van der Waals surface area contributed by atoms with Crippen molar-refractivity contribution in [1.29, 1.82) is 0 Å². The Balaban J connectivity index is 1.37. The summed E-state index contributed by atoms with van der Waals surface area (Å²) in [6, 6.07) is 6.74. The van der Waals surface area contributed by atoms with Gasteiger partial charge in [-0.25, -0.2) is 24.4 Å². The average molecular weight is 679 g/mol. The van der Waals surface area contributed by atoms with Crippen LogP contribution in [0.1, 0.15) is 57.7 Å². The first-order valence-electron chi connectivity index (χ1n) is 16.2. The van der Waals surface area contributed by atoms with Gasteiger partial charge in [0.1, 0.15) is 6.61 Å². The number of H-pyrrole nitrogens is 1. The molecule has 0 fully saturated rings. The Labute approximate surface area is 285 Å². The van der Waals surface area contributed by atoms with E-state index < -0.39 is 18.2 Å². The molecule has 0 aliphatic heterocycles. The molecule has 3 rings (SSSR count). The Morgan fingerprint density at radius 1 is 0.918 bits per heavy atom. The summed E-state index contributed by atoms with van der Waals surface area (Å²) in [6.45, 7) is 11.5. The van der Waals surface area contributed by atoms with E-state index in [4.69, 9.17) is 9.73 Å². The zero-order chi connectivity index (χ0) is 35.9. The number of urea groups is 1. The number of hydrogen-bond acceptors (Lipinski definition) is 10. The summed E-state index contributed by atoms with van der Waals surface area (Å²) in [5.74, 6) is -0.186. The number of aryl methyl sites for hydroxylation is 2. The van der Waals surface area contributed by atoms with Gasteiger partial charge in [-0.05, 0) is 82.9 Å². The summed E-state index contributed by atoms with van der Waals surface area (Å²) in [7, 11) is 1.23. The molecule has 0 saturated heterocycles. The number of hydrogen-bond donors (Lipinski definition) is 5. The molecule has 0 saturated carbocycles. The summed E-state index contributed by atoms with van der Waals surface area (Å²) in [5.41, 5.74) is 4.65. The number of allylic oxidation sites excluding steroid dienone is 3. The summed E-state index contributed by atoms with van der Waals surface area (Å²) in [6.07, 6.45) is 3.63. The van der Waals surface area contributed by atoms with Gasteiger partial charge >= 0.3 is 18.2 Å². The molecule has 0 spiro atoms. The van der Waals surface area contributed by atoms with Crippen LogP contribution in [0.2, 0.25) is 0 Å². The minimum Gasteiger partial charge on any atom is -0.453 e. The lowest BCUT2D eigenvalue weighted by atomic mass is 9.94. The number of unbranched alkanes of at least 4 members (excludes halogenated alkanes) is 3. The second-order valence-electron chi connectivity index (χ2n) is 11.4. The van der Waals surface area contributed by atoms with Crippen molar-refractivity contribution in [2.24, 2.45) is 4.99 Å². The maximum atomic E-state index is 12.6. The van der Waals surface area contributed by atoms with Gasteiger partial charge in [0.15, 0.2) is 0 Å². The van der Waals surface area contributed by atoms with Crippen LogP contribution in [0.15, 0.2) is 57.0 Å². The lowest BCUT2D eigenvalue weighted by Gasteiger charge is -2.24. The molecule has 2 aromatic rings. The summed E-state index contributed by atoms with van der Waals surface area (Å²) < 4.78 is 10.0. The van der Waals surface area contributed by atoms with E-state index in [2.05, 4.69) is 40.9 Å². The fourth-order valence-electron chi connectivity index (χ4n) is 4.89. The average Bonchev–Trinajstić information content (AvgIpc) is 3.05. The Morgan fingerprint density at radius 2 is 1.63 bits per heavy atom. The van der Waals surface area contributed by atoms with Crippen molar-refractivity contribution in [2.75, 3.05) is 50.1 Å². The number of ether oxygens (including phenoxy) is 2. The molecule has 1 aliphatic carbocycles. The molecule has 1 heterocycles. The number of nitrogens with zero attached hydrogens (tertiary/aromatic N) is 3. The van der Waals surface area contributed by atoms with E-state index in [1.807, 2.05) is 39.0 Å². The van der Waals surface area contributed by atoms with Crippen molar-refractivity contribution < 1.29 is 28.7 Å². The number of alkyl carbamates (subject to hydrolysis) is 2. The zero-order valence-electron chi connectivity index (χ0n) is 29.0. The van der Waals surface area contributed by atoms with E-state index in [0.29, 0.717) is 43.2 Å². The van der Waals surface area contributed by atoms with Crippen molar-refractivity contribution in [3.63, 3.8) is 0 Å². The summed E-state index contributed by atoms with van der Waals surface area (Å²) >= 11 is 0. The predicted octanol–water partition coefficient (Wildman–Crippen LogP) is 4.55. The van der Waals surface area contributed by atoms with Crippen LogP contribution in [0.4, 0.5) is 31.7 Å². The molecule has 264 valence electrons. The number of carbonyl (C=O) groups excluding carboxylic acids is 4. The summed E-state index contributed by atoms with van der Waals surface area (Å²) in [4.78, 5) is 73.3. The van der Waals surface area contributed by atoms with E-state index >= 15 is 0 Å². The Bertz CT molecular complexity index is 1680. The normalized spacial score (nSPS) is 13.5. The Morgan fingerprint density at radius 3 is 2.29 bits per heavy atom. The second kappa shape index (κ2) is 18.8. The highest BCUT2D eigenvalue weighted by Gasteiger charge is 2.24. The van der Waals surface area contributed by atoms with Crippen molar-refractivity contribution in [3.05, 3.63) is 68.8 Å². The van der Waals surface area contributed by atoms with Crippen molar-refractivity contribution in [2.45, 2.75) is 60.3 Å². The molecule has 15 nitrogen and oxygen atoms in total. The third kappa shape index (κ3) is 11.9. The predicted molar refractivity (Wildman–Crippen MR) is 188 cm³/mol. The van der Waals surface area contributed by atoms with E-state index in [1.54, 1.807) is 19.9 Å². The Kier molecular flexibility index (Phi) is 14.5. The van der Waals surface area contributed by atoms with Crippen LogP contribution in [-0.4, -0.2) is 79.6 Å². The smallest absolute Gasteiger partial charge is 0.411 e. The minimum absolute atomic E-state index is 0.0998.